The number of carboxylic acid groups (broad SMARTS) is 1. The van der Waals surface area contributed by atoms with Crippen LogP contribution in [-0.2, 0) is 21.9 Å². The van der Waals surface area contributed by atoms with E-state index in [1.165, 1.54) is 42.5 Å². The largest absolute Gasteiger partial charge is 0.480 e. The lowest BCUT2D eigenvalue weighted by Crippen LogP contribution is -2.44. The zero-order valence-corrected chi connectivity index (χ0v) is 18.6. The predicted molar refractivity (Wildman–Crippen MR) is 121 cm³/mol. The van der Waals surface area contributed by atoms with Crippen molar-refractivity contribution in [2.24, 2.45) is 0 Å². The van der Waals surface area contributed by atoms with Crippen LogP contribution in [0.1, 0.15) is 22.8 Å². The number of hydrogen-bond donors (Lipinski definition) is 2. The van der Waals surface area contributed by atoms with Crippen molar-refractivity contribution in [3.8, 4) is 0 Å². The van der Waals surface area contributed by atoms with E-state index in [0.29, 0.717) is 10.6 Å². The van der Waals surface area contributed by atoms with Crippen LogP contribution in [0.4, 0.5) is 13.6 Å². The van der Waals surface area contributed by atoms with Gasteiger partial charge in [-0.15, -0.1) is 0 Å². The Kier molecular flexibility index (Phi) is 7.89. The van der Waals surface area contributed by atoms with Crippen molar-refractivity contribution in [1.29, 1.82) is 0 Å². The number of carbonyl (C=O) groups is 2. The monoisotopic (exact) mass is 493 g/mol. The summed E-state index contributed by atoms with van der Waals surface area (Å²) < 4.78 is 36.0. The van der Waals surface area contributed by atoms with Crippen LogP contribution < -0.4 is 5.32 Å². The number of carboxylic acids is 1. The summed E-state index contributed by atoms with van der Waals surface area (Å²) in [5.41, 5.74) is 0.158. The Balaban J connectivity index is 1.83. The van der Waals surface area contributed by atoms with Crippen LogP contribution in [0.5, 0.6) is 0 Å². The lowest BCUT2D eigenvalue weighted by atomic mass is 9.97. The van der Waals surface area contributed by atoms with Crippen LogP contribution in [0.15, 0.2) is 78.9 Å². The van der Waals surface area contributed by atoms with Gasteiger partial charge in [0.1, 0.15) is 6.04 Å². The van der Waals surface area contributed by atoms with Crippen molar-refractivity contribution in [2.75, 3.05) is 0 Å². The van der Waals surface area contributed by atoms with E-state index in [4.69, 9.17) is 27.9 Å². The smallest absolute Gasteiger partial charge is 0.408 e. The van der Waals surface area contributed by atoms with E-state index in [9.17, 15) is 14.7 Å². The van der Waals surface area contributed by atoms with Gasteiger partial charge in [0.25, 0.3) is 0 Å². The summed E-state index contributed by atoms with van der Waals surface area (Å²) in [6, 6.07) is 17.5. The third-order valence-electron chi connectivity index (χ3n) is 4.81. The van der Waals surface area contributed by atoms with E-state index in [-0.39, 0.29) is 17.0 Å². The molecule has 0 fully saturated rings. The van der Waals surface area contributed by atoms with Crippen LogP contribution in [0, 0.1) is 0 Å². The highest BCUT2D eigenvalue weighted by molar-refractivity contribution is 6.30. The van der Waals surface area contributed by atoms with Gasteiger partial charge in [-0.3, -0.25) is 0 Å². The minimum absolute atomic E-state index is 0.0298. The fourth-order valence-corrected chi connectivity index (χ4v) is 3.48. The predicted octanol–water partition coefficient (Wildman–Crippen LogP) is 6.25. The molecule has 0 saturated heterocycles. The molecule has 3 aromatic rings. The highest BCUT2D eigenvalue weighted by Crippen LogP contribution is 2.43. The van der Waals surface area contributed by atoms with Crippen LogP contribution in [0.2, 0.25) is 10.0 Å². The molecule has 3 aromatic carbocycles. The van der Waals surface area contributed by atoms with Gasteiger partial charge in [-0.25, -0.2) is 9.59 Å². The number of alkyl carbamates (subject to hydrolysis) is 1. The normalized spacial score (nSPS) is 13.1. The van der Waals surface area contributed by atoms with Crippen LogP contribution in [-0.4, -0.2) is 23.2 Å². The number of benzene rings is 3. The molecular formula is C24H19Cl2F2NO4. The summed E-state index contributed by atoms with van der Waals surface area (Å²) in [5, 5.41) is 12.2. The van der Waals surface area contributed by atoms with Gasteiger partial charge in [0.05, 0.1) is 0 Å². The minimum Gasteiger partial charge on any atom is -0.480 e. The Bertz CT molecular complexity index is 1110. The number of rotatable bonds is 8. The van der Waals surface area contributed by atoms with Crippen LogP contribution in [0.3, 0.4) is 0 Å². The van der Waals surface area contributed by atoms with Gasteiger partial charge in [-0.1, -0.05) is 77.8 Å². The highest BCUT2D eigenvalue weighted by Gasteiger charge is 2.45. The summed E-state index contributed by atoms with van der Waals surface area (Å²) in [5.74, 6) is -5.00. The summed E-state index contributed by atoms with van der Waals surface area (Å²) in [6.45, 7) is 0. The van der Waals surface area contributed by atoms with E-state index in [2.05, 4.69) is 5.32 Å². The average molecular weight is 494 g/mol. The number of alkyl halides is 2. The molecule has 3 rings (SSSR count). The zero-order valence-electron chi connectivity index (χ0n) is 17.1. The number of amides is 1. The molecule has 172 valence electrons. The number of hydrogen-bond acceptors (Lipinski definition) is 3. The first kappa shape index (κ1) is 24.5. The second-order valence-electron chi connectivity index (χ2n) is 7.20. The summed E-state index contributed by atoms with van der Waals surface area (Å²) in [7, 11) is 0. The molecule has 0 aliphatic rings. The molecule has 0 saturated carbocycles. The van der Waals surface area contributed by atoms with E-state index in [1.807, 2.05) is 0 Å². The first-order valence-corrected chi connectivity index (χ1v) is 10.6. The molecule has 2 N–H and O–H groups in total. The molecule has 1 amide bonds. The quantitative estimate of drug-likeness (QED) is 0.388. The van der Waals surface area contributed by atoms with Gasteiger partial charge < -0.3 is 15.2 Å². The minimum atomic E-state index is -3.65. The lowest BCUT2D eigenvalue weighted by Gasteiger charge is -2.28. The van der Waals surface area contributed by atoms with E-state index < -0.39 is 35.7 Å². The van der Waals surface area contributed by atoms with Gasteiger partial charge in [-0.2, -0.15) is 8.78 Å². The molecule has 0 bridgehead atoms. The number of nitrogens with one attached hydrogen (secondary N) is 1. The van der Waals surface area contributed by atoms with Gasteiger partial charge in [-0.05, 0) is 35.4 Å². The Morgan fingerprint density at radius 2 is 1.61 bits per heavy atom. The second kappa shape index (κ2) is 10.6. The van der Waals surface area contributed by atoms with Crippen LogP contribution in [0.25, 0.3) is 0 Å². The van der Waals surface area contributed by atoms with Crippen molar-refractivity contribution in [3.05, 3.63) is 106 Å². The van der Waals surface area contributed by atoms with E-state index >= 15 is 8.78 Å². The molecular weight excluding hydrogens is 475 g/mol. The molecule has 1 unspecified atom stereocenters. The van der Waals surface area contributed by atoms with Crippen molar-refractivity contribution in [3.63, 3.8) is 0 Å². The number of ether oxygens (including phenoxy) is 1. The Hall–Kier alpha value is -3.16. The SMILES string of the molecule is O=C(N[C@@H](Cc1ccc(Cl)cc1)C(=O)O)OC(c1ccccc1)C(F)(F)c1cccc(Cl)c1. The summed E-state index contributed by atoms with van der Waals surface area (Å²) in [6.07, 6.45) is -3.42. The molecule has 0 aliphatic heterocycles. The molecule has 5 nitrogen and oxygen atoms in total. The molecule has 0 aliphatic carbocycles. The fraction of sp³-hybridized carbons (Fsp3) is 0.167. The highest BCUT2D eigenvalue weighted by atomic mass is 35.5. The zero-order chi connectivity index (χ0) is 24.0. The Labute approximate surface area is 198 Å². The van der Waals surface area contributed by atoms with E-state index in [0.717, 1.165) is 6.07 Å². The molecule has 9 heteroatoms. The van der Waals surface area contributed by atoms with Crippen molar-refractivity contribution in [2.45, 2.75) is 24.5 Å². The maximum Gasteiger partial charge on any atom is 0.408 e. The van der Waals surface area contributed by atoms with E-state index in [1.54, 1.807) is 30.3 Å². The molecule has 0 heterocycles. The van der Waals surface area contributed by atoms with Gasteiger partial charge >= 0.3 is 18.0 Å². The number of carbonyl (C=O) groups excluding carboxylic acids is 1. The number of halogens is 4. The molecule has 2 atom stereocenters. The summed E-state index contributed by atoms with van der Waals surface area (Å²) in [4.78, 5) is 24.2. The van der Waals surface area contributed by atoms with Crippen LogP contribution >= 0.6 is 23.2 Å². The lowest BCUT2D eigenvalue weighted by molar-refractivity contribution is -0.140. The van der Waals surface area contributed by atoms with Gasteiger partial charge in [0, 0.05) is 22.0 Å². The molecule has 0 spiro atoms. The Morgan fingerprint density at radius 3 is 2.21 bits per heavy atom. The third-order valence-corrected chi connectivity index (χ3v) is 5.30. The second-order valence-corrected chi connectivity index (χ2v) is 8.07. The first-order chi connectivity index (χ1) is 15.7. The van der Waals surface area contributed by atoms with Gasteiger partial charge in [0.2, 0.25) is 0 Å². The topological polar surface area (TPSA) is 75.6 Å². The first-order valence-electron chi connectivity index (χ1n) is 9.80. The number of aliphatic carboxylic acids is 1. The molecule has 0 radical (unpaired) electrons. The fourth-order valence-electron chi connectivity index (χ4n) is 3.17. The maximum absolute atomic E-state index is 15.4. The van der Waals surface area contributed by atoms with Crippen molar-refractivity contribution in [1.82, 2.24) is 5.32 Å². The summed E-state index contributed by atoms with van der Waals surface area (Å²) >= 11 is 11.7. The standard InChI is InChI=1S/C24H19Cl2F2NO4/c25-18-11-9-15(10-12-18)13-20(22(30)31)29-23(32)33-21(16-5-2-1-3-6-16)24(27,28)17-7-4-8-19(26)14-17/h1-12,14,20-21H,13H2,(H,29,32)(H,30,31)/t20-,21?/m0/s1. The Morgan fingerprint density at radius 1 is 0.939 bits per heavy atom. The van der Waals surface area contributed by atoms with Crippen molar-refractivity contribution < 1.29 is 28.2 Å². The average Bonchev–Trinajstić information content (AvgIpc) is 2.79. The molecule has 33 heavy (non-hydrogen) atoms. The van der Waals surface area contributed by atoms with Gasteiger partial charge in [0.15, 0.2) is 6.10 Å². The molecule has 0 aromatic heterocycles. The maximum atomic E-state index is 15.4. The third kappa shape index (κ3) is 6.43. The van der Waals surface area contributed by atoms with Crippen molar-refractivity contribution >= 4 is 35.3 Å².